The molecule has 0 aliphatic heterocycles. The molecule has 0 heterocycles. The topological polar surface area (TPSA) is 55.1 Å². The Labute approximate surface area is 106 Å². The molecule has 0 radical (unpaired) electrons. The van der Waals surface area contributed by atoms with Gasteiger partial charge in [0, 0.05) is 31.3 Å². The van der Waals surface area contributed by atoms with Crippen LogP contribution < -0.4 is 11.1 Å². The Morgan fingerprint density at radius 3 is 2.61 bits per heavy atom. The fourth-order valence-electron chi connectivity index (χ4n) is 3.04. The van der Waals surface area contributed by atoms with E-state index in [2.05, 4.69) is 5.32 Å². The molecule has 2 saturated carbocycles. The molecule has 0 spiro atoms. The van der Waals surface area contributed by atoms with Gasteiger partial charge in [-0.3, -0.25) is 4.79 Å². The molecule has 3 N–H and O–H groups in total. The van der Waals surface area contributed by atoms with Crippen molar-refractivity contribution in [1.82, 2.24) is 5.32 Å². The van der Waals surface area contributed by atoms with Crippen molar-refractivity contribution in [1.29, 1.82) is 0 Å². The molecule has 2 aliphatic carbocycles. The Morgan fingerprint density at radius 2 is 2.00 bits per heavy atom. The van der Waals surface area contributed by atoms with E-state index in [-0.39, 0.29) is 24.8 Å². The SMILES string of the molecule is NC1CCCCC1CNC(=O)C1CCC(F)(F)C1. The van der Waals surface area contributed by atoms with Gasteiger partial charge in [-0.05, 0) is 25.2 Å². The van der Waals surface area contributed by atoms with Gasteiger partial charge in [-0.1, -0.05) is 12.8 Å². The number of amides is 1. The van der Waals surface area contributed by atoms with Gasteiger partial charge in [-0.25, -0.2) is 8.78 Å². The summed E-state index contributed by atoms with van der Waals surface area (Å²) in [5, 5.41) is 2.81. The molecule has 0 bridgehead atoms. The van der Waals surface area contributed by atoms with Crippen molar-refractivity contribution in [3.8, 4) is 0 Å². The van der Waals surface area contributed by atoms with Gasteiger partial charge in [0.05, 0.1) is 0 Å². The minimum atomic E-state index is -2.65. The summed E-state index contributed by atoms with van der Waals surface area (Å²) in [4.78, 5) is 11.8. The Morgan fingerprint density at radius 1 is 1.28 bits per heavy atom. The van der Waals surface area contributed by atoms with E-state index in [1.54, 1.807) is 0 Å². The summed E-state index contributed by atoms with van der Waals surface area (Å²) in [6.45, 7) is 0.544. The standard InChI is InChI=1S/C13H22F2N2O/c14-13(15)6-5-9(7-13)12(18)17-8-10-3-1-2-4-11(10)16/h9-11H,1-8,16H2,(H,17,18). The summed E-state index contributed by atoms with van der Waals surface area (Å²) in [6, 6.07) is 0.143. The summed E-state index contributed by atoms with van der Waals surface area (Å²) in [5.74, 6) is -3.07. The second-order valence-corrected chi connectivity index (χ2v) is 5.75. The average molecular weight is 260 g/mol. The van der Waals surface area contributed by atoms with Crippen LogP contribution in [0.25, 0.3) is 0 Å². The first kappa shape index (κ1) is 13.7. The Kier molecular flexibility index (Phi) is 4.20. The molecule has 2 rings (SSSR count). The molecular formula is C13H22F2N2O. The molecule has 0 aromatic carbocycles. The molecule has 2 fully saturated rings. The largest absolute Gasteiger partial charge is 0.356 e. The third-order valence-electron chi connectivity index (χ3n) is 4.28. The number of hydrogen-bond acceptors (Lipinski definition) is 2. The number of nitrogens with one attached hydrogen (secondary N) is 1. The number of halogens is 2. The van der Waals surface area contributed by atoms with Crippen molar-refractivity contribution in [3.63, 3.8) is 0 Å². The van der Waals surface area contributed by atoms with Gasteiger partial charge in [-0.15, -0.1) is 0 Å². The van der Waals surface area contributed by atoms with E-state index in [0.717, 1.165) is 25.7 Å². The van der Waals surface area contributed by atoms with Crippen molar-refractivity contribution in [2.24, 2.45) is 17.6 Å². The van der Waals surface area contributed by atoms with Crippen LogP contribution >= 0.6 is 0 Å². The molecule has 104 valence electrons. The normalized spacial score (nSPS) is 35.4. The fraction of sp³-hybridized carbons (Fsp3) is 0.923. The van der Waals surface area contributed by atoms with Crippen LogP contribution in [0.1, 0.15) is 44.9 Å². The van der Waals surface area contributed by atoms with Gasteiger partial charge in [0.15, 0.2) is 0 Å². The highest BCUT2D eigenvalue weighted by Gasteiger charge is 2.42. The first-order valence-corrected chi connectivity index (χ1v) is 6.89. The third-order valence-corrected chi connectivity index (χ3v) is 4.28. The Hall–Kier alpha value is -0.710. The molecule has 3 nitrogen and oxygen atoms in total. The van der Waals surface area contributed by atoms with Gasteiger partial charge in [0.1, 0.15) is 0 Å². The summed E-state index contributed by atoms with van der Waals surface area (Å²) >= 11 is 0. The highest BCUT2D eigenvalue weighted by molar-refractivity contribution is 5.79. The van der Waals surface area contributed by atoms with Crippen LogP contribution in [-0.2, 0) is 4.79 Å². The number of nitrogens with two attached hydrogens (primary N) is 1. The average Bonchev–Trinajstić information content (AvgIpc) is 2.68. The van der Waals surface area contributed by atoms with Crippen LogP contribution in [0.4, 0.5) is 8.78 Å². The van der Waals surface area contributed by atoms with Crippen molar-refractivity contribution < 1.29 is 13.6 Å². The van der Waals surface area contributed by atoms with Crippen molar-refractivity contribution in [2.75, 3.05) is 6.54 Å². The summed E-state index contributed by atoms with van der Waals surface area (Å²) in [6.07, 6.45) is 4.18. The van der Waals surface area contributed by atoms with Crippen LogP contribution in [0.5, 0.6) is 0 Å². The minimum absolute atomic E-state index is 0.143. The van der Waals surface area contributed by atoms with E-state index in [1.165, 1.54) is 0 Å². The molecule has 3 atom stereocenters. The zero-order chi connectivity index (χ0) is 13.2. The summed E-state index contributed by atoms with van der Waals surface area (Å²) in [5.41, 5.74) is 5.99. The van der Waals surface area contributed by atoms with Gasteiger partial charge < -0.3 is 11.1 Å². The van der Waals surface area contributed by atoms with E-state index < -0.39 is 11.8 Å². The lowest BCUT2D eigenvalue weighted by Crippen LogP contribution is -2.42. The quantitative estimate of drug-likeness (QED) is 0.816. The highest BCUT2D eigenvalue weighted by atomic mass is 19.3. The smallest absolute Gasteiger partial charge is 0.248 e. The lowest BCUT2D eigenvalue weighted by atomic mass is 9.85. The van der Waals surface area contributed by atoms with Crippen LogP contribution in [0, 0.1) is 11.8 Å². The lowest BCUT2D eigenvalue weighted by molar-refractivity contribution is -0.126. The van der Waals surface area contributed by atoms with Gasteiger partial charge >= 0.3 is 0 Å². The summed E-state index contributed by atoms with van der Waals surface area (Å²) in [7, 11) is 0. The van der Waals surface area contributed by atoms with Gasteiger partial charge in [-0.2, -0.15) is 0 Å². The monoisotopic (exact) mass is 260 g/mol. The maximum atomic E-state index is 13.0. The number of rotatable bonds is 3. The summed E-state index contributed by atoms with van der Waals surface area (Å²) < 4.78 is 26.0. The van der Waals surface area contributed by atoms with E-state index >= 15 is 0 Å². The van der Waals surface area contributed by atoms with Crippen molar-refractivity contribution in [2.45, 2.75) is 56.9 Å². The van der Waals surface area contributed by atoms with Crippen molar-refractivity contribution >= 4 is 5.91 Å². The molecule has 5 heteroatoms. The Balaban J connectivity index is 1.75. The molecular weight excluding hydrogens is 238 g/mol. The predicted molar refractivity (Wildman–Crippen MR) is 65.2 cm³/mol. The first-order valence-electron chi connectivity index (χ1n) is 6.89. The molecule has 0 aromatic heterocycles. The first-order chi connectivity index (χ1) is 8.48. The lowest BCUT2D eigenvalue weighted by Gasteiger charge is -2.29. The zero-order valence-corrected chi connectivity index (χ0v) is 10.6. The maximum Gasteiger partial charge on any atom is 0.248 e. The minimum Gasteiger partial charge on any atom is -0.356 e. The Bertz CT molecular complexity index is 309. The van der Waals surface area contributed by atoms with E-state index in [9.17, 15) is 13.6 Å². The molecule has 1 amide bonds. The van der Waals surface area contributed by atoms with Crippen LogP contribution in [-0.4, -0.2) is 24.4 Å². The number of alkyl halides is 2. The number of hydrogen-bond donors (Lipinski definition) is 2. The van der Waals surface area contributed by atoms with Crippen LogP contribution in [0.2, 0.25) is 0 Å². The zero-order valence-electron chi connectivity index (χ0n) is 10.6. The fourth-order valence-corrected chi connectivity index (χ4v) is 3.04. The van der Waals surface area contributed by atoms with E-state index in [4.69, 9.17) is 5.73 Å². The number of carbonyl (C=O) groups is 1. The predicted octanol–water partition coefficient (Wildman–Crippen LogP) is 2.06. The second-order valence-electron chi connectivity index (χ2n) is 5.75. The van der Waals surface area contributed by atoms with Gasteiger partial charge in [0.25, 0.3) is 0 Å². The van der Waals surface area contributed by atoms with Crippen LogP contribution in [0.15, 0.2) is 0 Å². The van der Waals surface area contributed by atoms with Gasteiger partial charge in [0.2, 0.25) is 11.8 Å². The number of carbonyl (C=O) groups excluding carboxylic acids is 1. The van der Waals surface area contributed by atoms with Crippen molar-refractivity contribution in [3.05, 3.63) is 0 Å². The van der Waals surface area contributed by atoms with E-state index in [1.807, 2.05) is 0 Å². The molecule has 0 saturated heterocycles. The van der Waals surface area contributed by atoms with Crippen LogP contribution in [0.3, 0.4) is 0 Å². The molecule has 0 aromatic rings. The second kappa shape index (κ2) is 5.51. The highest BCUT2D eigenvalue weighted by Crippen LogP contribution is 2.38. The third kappa shape index (κ3) is 3.40. The van der Waals surface area contributed by atoms with E-state index in [0.29, 0.717) is 18.9 Å². The maximum absolute atomic E-state index is 13.0. The molecule has 2 aliphatic rings. The molecule has 18 heavy (non-hydrogen) atoms. The molecule has 3 unspecified atom stereocenters.